The number of hydrogen-bond acceptors (Lipinski definition) is 3. The van der Waals surface area contributed by atoms with E-state index in [-0.39, 0.29) is 18.0 Å². The van der Waals surface area contributed by atoms with Crippen molar-refractivity contribution in [2.45, 2.75) is 38.6 Å². The van der Waals surface area contributed by atoms with Gasteiger partial charge in [-0.25, -0.2) is 4.39 Å². The van der Waals surface area contributed by atoms with Gasteiger partial charge in [0.1, 0.15) is 11.6 Å². The van der Waals surface area contributed by atoms with Crippen LogP contribution < -0.4 is 10.1 Å². The number of unbranched alkanes of at least 4 members (excludes halogenated alkanes) is 1. The first-order valence-corrected chi connectivity index (χ1v) is 6.84. The molecule has 0 radical (unpaired) electrons. The van der Waals surface area contributed by atoms with Crippen molar-refractivity contribution in [1.82, 2.24) is 5.32 Å². The van der Waals surface area contributed by atoms with Crippen molar-refractivity contribution in [3.63, 3.8) is 0 Å². The third kappa shape index (κ3) is 6.03. The first-order valence-electron chi connectivity index (χ1n) is 6.84. The number of likely N-dealkylation sites (N-methyl/N-ethyl adjacent to an activating group) is 1. The van der Waals surface area contributed by atoms with Crippen LogP contribution in [0.2, 0.25) is 0 Å². The van der Waals surface area contributed by atoms with Gasteiger partial charge in [0, 0.05) is 5.54 Å². The van der Waals surface area contributed by atoms with E-state index in [4.69, 9.17) is 4.74 Å². The average Bonchev–Trinajstić information content (AvgIpc) is 2.41. The van der Waals surface area contributed by atoms with Gasteiger partial charge in [0.15, 0.2) is 0 Å². The van der Waals surface area contributed by atoms with Crippen molar-refractivity contribution in [1.29, 1.82) is 0 Å². The van der Waals surface area contributed by atoms with Crippen LogP contribution in [0.5, 0.6) is 5.75 Å². The zero-order chi connectivity index (χ0) is 14.1. The van der Waals surface area contributed by atoms with Gasteiger partial charge in [-0.05, 0) is 57.0 Å². The molecular formula is C15H24FNO2. The van der Waals surface area contributed by atoms with E-state index in [1.54, 1.807) is 12.1 Å². The van der Waals surface area contributed by atoms with Gasteiger partial charge in [0.05, 0.1) is 13.2 Å². The van der Waals surface area contributed by atoms with Crippen molar-refractivity contribution in [3.8, 4) is 5.75 Å². The van der Waals surface area contributed by atoms with Gasteiger partial charge in [-0.1, -0.05) is 6.92 Å². The number of halogens is 1. The molecule has 0 saturated carbocycles. The van der Waals surface area contributed by atoms with Gasteiger partial charge < -0.3 is 15.2 Å². The number of hydrogen-bond donors (Lipinski definition) is 2. The van der Waals surface area contributed by atoms with E-state index in [0.29, 0.717) is 12.4 Å². The second-order valence-electron chi connectivity index (χ2n) is 5.01. The Morgan fingerprint density at radius 2 is 1.95 bits per heavy atom. The molecule has 1 aromatic rings. The Bertz CT molecular complexity index is 356. The maximum Gasteiger partial charge on any atom is 0.123 e. The molecule has 1 aromatic carbocycles. The lowest BCUT2D eigenvalue weighted by atomic mass is 9.96. The Morgan fingerprint density at radius 3 is 2.53 bits per heavy atom. The molecule has 0 saturated heterocycles. The monoisotopic (exact) mass is 269 g/mol. The van der Waals surface area contributed by atoms with Crippen molar-refractivity contribution in [2.24, 2.45) is 0 Å². The second kappa shape index (κ2) is 8.12. The van der Waals surface area contributed by atoms with Crippen LogP contribution in [0.1, 0.15) is 33.1 Å². The summed E-state index contributed by atoms with van der Waals surface area (Å²) in [6, 6.07) is 6.05. The number of rotatable bonds is 9. The Kier molecular flexibility index (Phi) is 6.81. The summed E-state index contributed by atoms with van der Waals surface area (Å²) in [4.78, 5) is 0. The van der Waals surface area contributed by atoms with Crippen molar-refractivity contribution >= 4 is 0 Å². The van der Waals surface area contributed by atoms with Crippen LogP contribution in [-0.4, -0.2) is 30.4 Å². The molecule has 19 heavy (non-hydrogen) atoms. The maximum atomic E-state index is 12.7. The van der Waals surface area contributed by atoms with E-state index in [0.717, 1.165) is 25.8 Å². The summed E-state index contributed by atoms with van der Waals surface area (Å²) in [6.45, 7) is 5.66. The van der Waals surface area contributed by atoms with Gasteiger partial charge in [-0.15, -0.1) is 0 Å². The van der Waals surface area contributed by atoms with Gasteiger partial charge in [-0.2, -0.15) is 0 Å². The highest BCUT2D eigenvalue weighted by molar-refractivity contribution is 5.21. The lowest BCUT2D eigenvalue weighted by molar-refractivity contribution is 0.162. The molecule has 1 atom stereocenters. The zero-order valence-corrected chi connectivity index (χ0v) is 11.8. The Hall–Kier alpha value is -1.13. The lowest BCUT2D eigenvalue weighted by Crippen LogP contribution is -2.45. The zero-order valence-electron chi connectivity index (χ0n) is 11.8. The molecule has 1 unspecified atom stereocenters. The summed E-state index contributed by atoms with van der Waals surface area (Å²) < 4.78 is 18.2. The van der Waals surface area contributed by atoms with Crippen LogP contribution in [-0.2, 0) is 0 Å². The van der Waals surface area contributed by atoms with E-state index < -0.39 is 0 Å². The average molecular weight is 269 g/mol. The summed E-state index contributed by atoms with van der Waals surface area (Å²) in [5.41, 5.74) is -0.204. The van der Waals surface area contributed by atoms with Crippen LogP contribution in [0.4, 0.5) is 4.39 Å². The van der Waals surface area contributed by atoms with E-state index in [2.05, 4.69) is 5.32 Å². The predicted molar refractivity (Wildman–Crippen MR) is 74.9 cm³/mol. The summed E-state index contributed by atoms with van der Waals surface area (Å²) >= 11 is 0. The molecule has 0 aliphatic rings. The summed E-state index contributed by atoms with van der Waals surface area (Å²) in [6.07, 6.45) is 2.80. The van der Waals surface area contributed by atoms with E-state index in [1.165, 1.54) is 12.1 Å². The summed E-state index contributed by atoms with van der Waals surface area (Å²) in [5.74, 6) is 0.440. The van der Waals surface area contributed by atoms with Crippen molar-refractivity contribution in [2.75, 3.05) is 19.8 Å². The molecule has 1 rings (SSSR count). The third-order valence-corrected chi connectivity index (χ3v) is 3.16. The molecule has 0 amide bonds. The molecule has 3 nitrogen and oxygen atoms in total. The number of aliphatic hydroxyl groups excluding tert-OH is 1. The summed E-state index contributed by atoms with van der Waals surface area (Å²) in [7, 11) is 0. The van der Waals surface area contributed by atoms with Crippen LogP contribution in [0.25, 0.3) is 0 Å². The molecule has 4 heteroatoms. The normalized spacial score (nSPS) is 14.1. The topological polar surface area (TPSA) is 41.5 Å². The largest absolute Gasteiger partial charge is 0.494 e. The Labute approximate surface area is 114 Å². The fraction of sp³-hybridized carbons (Fsp3) is 0.600. The van der Waals surface area contributed by atoms with E-state index >= 15 is 0 Å². The highest BCUT2D eigenvalue weighted by Gasteiger charge is 2.20. The highest BCUT2D eigenvalue weighted by Crippen LogP contribution is 2.15. The van der Waals surface area contributed by atoms with E-state index in [9.17, 15) is 9.50 Å². The summed E-state index contributed by atoms with van der Waals surface area (Å²) in [5, 5.41) is 12.6. The van der Waals surface area contributed by atoms with Gasteiger partial charge in [0.25, 0.3) is 0 Å². The number of benzene rings is 1. The Morgan fingerprint density at radius 1 is 1.26 bits per heavy atom. The fourth-order valence-electron chi connectivity index (χ4n) is 1.99. The molecule has 0 aliphatic carbocycles. The number of aliphatic hydroxyl groups is 1. The molecule has 2 N–H and O–H groups in total. The van der Waals surface area contributed by atoms with Gasteiger partial charge >= 0.3 is 0 Å². The second-order valence-corrected chi connectivity index (χ2v) is 5.01. The first-order chi connectivity index (χ1) is 9.09. The third-order valence-electron chi connectivity index (χ3n) is 3.16. The maximum absolute atomic E-state index is 12.7. The van der Waals surface area contributed by atoms with Gasteiger partial charge in [0.2, 0.25) is 0 Å². The minimum atomic E-state index is -0.253. The number of ether oxygens (including phenoxy) is 1. The van der Waals surface area contributed by atoms with Crippen molar-refractivity contribution in [3.05, 3.63) is 30.1 Å². The quantitative estimate of drug-likeness (QED) is 0.677. The molecule has 0 heterocycles. The lowest BCUT2D eigenvalue weighted by Gasteiger charge is -2.28. The van der Waals surface area contributed by atoms with Crippen LogP contribution in [0.15, 0.2) is 24.3 Å². The SMILES string of the molecule is CCNC(C)(CO)CCCCOc1ccc(F)cc1. The molecule has 0 fully saturated rings. The number of nitrogens with one attached hydrogen (secondary N) is 1. The standard InChI is InChI=1S/C15H24FNO2/c1-3-17-15(2,12-18)10-4-5-11-19-14-8-6-13(16)7-9-14/h6-9,17-18H,3-5,10-12H2,1-2H3. The molecule has 108 valence electrons. The minimum Gasteiger partial charge on any atom is -0.494 e. The van der Waals surface area contributed by atoms with Crippen molar-refractivity contribution < 1.29 is 14.2 Å². The molecule has 0 bridgehead atoms. The minimum absolute atomic E-state index is 0.139. The van der Waals surface area contributed by atoms with Crippen LogP contribution in [0, 0.1) is 5.82 Å². The van der Waals surface area contributed by atoms with Crippen LogP contribution in [0.3, 0.4) is 0 Å². The first kappa shape index (κ1) is 15.9. The predicted octanol–water partition coefficient (Wildman–Crippen LogP) is 2.74. The van der Waals surface area contributed by atoms with Crippen LogP contribution >= 0.6 is 0 Å². The molecule has 0 aromatic heterocycles. The highest BCUT2D eigenvalue weighted by atomic mass is 19.1. The molecule has 0 aliphatic heterocycles. The smallest absolute Gasteiger partial charge is 0.123 e. The molecular weight excluding hydrogens is 245 g/mol. The molecule has 0 spiro atoms. The van der Waals surface area contributed by atoms with E-state index in [1.807, 2.05) is 13.8 Å². The van der Waals surface area contributed by atoms with Gasteiger partial charge in [-0.3, -0.25) is 0 Å². The Balaban J connectivity index is 2.18. The fourth-order valence-corrected chi connectivity index (χ4v) is 1.99.